The third-order valence-electron chi connectivity index (χ3n) is 5.74. The number of rotatable bonds is 3. The fraction of sp³-hybridized carbons (Fsp3) is 0.364. The van der Waals surface area contributed by atoms with Crippen LogP contribution in [0.1, 0.15) is 38.3 Å². The molecular weight excluding hydrogens is 350 g/mol. The third-order valence-corrected chi connectivity index (χ3v) is 5.74. The molecule has 0 saturated heterocycles. The quantitative estimate of drug-likeness (QED) is 0.762. The van der Waals surface area contributed by atoms with E-state index in [9.17, 15) is 4.79 Å². The number of pyridine rings is 1. The predicted octanol–water partition coefficient (Wildman–Crippen LogP) is 5.12. The molecule has 3 atom stereocenters. The number of carbonyl (C=O) groups excluding carboxylic acids is 1. The van der Waals surface area contributed by atoms with Crippen molar-refractivity contribution in [1.82, 2.24) is 4.98 Å². The molecule has 1 aliphatic carbocycles. The number of anilines is 2. The summed E-state index contributed by atoms with van der Waals surface area (Å²) in [5.41, 5.74) is 2.77. The van der Waals surface area contributed by atoms with Crippen LogP contribution in [0, 0.1) is 25.0 Å². The topological polar surface area (TPSA) is 54.0 Å². The van der Waals surface area contributed by atoms with Gasteiger partial charge in [-0.05, 0) is 36.5 Å². The predicted molar refractivity (Wildman–Crippen MR) is 108 cm³/mol. The molecule has 1 saturated carbocycles. The molecule has 140 valence electrons. The minimum absolute atomic E-state index is 0.0266. The van der Waals surface area contributed by atoms with Crippen LogP contribution in [0.4, 0.5) is 22.9 Å². The Morgan fingerprint density at radius 2 is 2.04 bits per heavy atom. The Balaban J connectivity index is 1.85. The minimum atomic E-state index is -0.131. The van der Waals surface area contributed by atoms with Gasteiger partial charge in [-0.25, -0.2) is 9.69 Å². The molecule has 1 aromatic carbocycles. The molecule has 4 rings (SSSR count). The van der Waals surface area contributed by atoms with E-state index in [1.54, 1.807) is 31.3 Å². The molecule has 6 nitrogen and oxygen atoms in total. The van der Waals surface area contributed by atoms with E-state index in [1.165, 1.54) is 0 Å². The summed E-state index contributed by atoms with van der Waals surface area (Å²) in [6, 6.07) is 8.97. The van der Waals surface area contributed by atoms with Crippen molar-refractivity contribution in [3.63, 3.8) is 0 Å². The number of amides is 1. The highest BCUT2D eigenvalue weighted by Crippen LogP contribution is 2.50. The maximum Gasteiger partial charge on any atom is 0.228 e. The minimum Gasteiger partial charge on any atom is -0.372 e. The second-order valence-corrected chi connectivity index (χ2v) is 7.54. The van der Waals surface area contributed by atoms with Crippen LogP contribution < -0.4 is 10.2 Å². The first-order chi connectivity index (χ1) is 13.5. The van der Waals surface area contributed by atoms with Crippen molar-refractivity contribution in [3.05, 3.63) is 64.9 Å². The average molecular weight is 371 g/mol. The Morgan fingerprint density at radius 3 is 2.68 bits per heavy atom. The molecule has 0 bridgehead atoms. The van der Waals surface area contributed by atoms with E-state index >= 15 is 0 Å². The van der Waals surface area contributed by atoms with E-state index < -0.39 is 0 Å². The molecule has 2 aliphatic rings. The number of hydrogen-bond donors (Lipinski definition) is 1. The molecule has 1 N–H and O–H groups in total. The summed E-state index contributed by atoms with van der Waals surface area (Å²) < 4.78 is 0. The lowest BCUT2D eigenvalue weighted by molar-refractivity contribution is -0.117. The van der Waals surface area contributed by atoms with Gasteiger partial charge in [0.1, 0.15) is 5.82 Å². The summed E-state index contributed by atoms with van der Waals surface area (Å²) in [6.07, 6.45) is 3.91. The Kier molecular flexibility index (Phi) is 4.49. The summed E-state index contributed by atoms with van der Waals surface area (Å²) in [5, 5.41) is 3.46. The molecule has 1 amide bonds. The van der Waals surface area contributed by atoms with E-state index in [2.05, 4.69) is 26.9 Å². The van der Waals surface area contributed by atoms with Gasteiger partial charge in [0.2, 0.25) is 11.6 Å². The molecule has 1 aliphatic heterocycles. The highest BCUT2D eigenvalue weighted by atomic mass is 16.2. The van der Waals surface area contributed by atoms with Crippen molar-refractivity contribution < 1.29 is 4.79 Å². The summed E-state index contributed by atoms with van der Waals surface area (Å²) >= 11 is 0. The summed E-state index contributed by atoms with van der Waals surface area (Å²) in [5.74, 6) is 1.17. The van der Waals surface area contributed by atoms with Crippen LogP contribution in [0.5, 0.6) is 0 Å². The van der Waals surface area contributed by atoms with Gasteiger partial charge in [0.05, 0.1) is 19.2 Å². The van der Waals surface area contributed by atoms with E-state index in [0.29, 0.717) is 23.1 Å². The second kappa shape index (κ2) is 6.98. The van der Waals surface area contributed by atoms with Gasteiger partial charge in [-0.1, -0.05) is 25.1 Å². The first kappa shape index (κ1) is 18.0. The number of aromatic nitrogens is 1. The van der Waals surface area contributed by atoms with E-state index in [0.717, 1.165) is 24.1 Å². The Hall–Kier alpha value is -3.38. The van der Waals surface area contributed by atoms with Crippen molar-refractivity contribution in [2.45, 2.75) is 38.8 Å². The van der Waals surface area contributed by atoms with Crippen LogP contribution >= 0.6 is 0 Å². The lowest BCUT2D eigenvalue weighted by Crippen LogP contribution is -2.51. The molecule has 0 radical (unpaired) electrons. The van der Waals surface area contributed by atoms with Crippen LogP contribution in [-0.2, 0) is 4.79 Å². The fourth-order valence-corrected chi connectivity index (χ4v) is 4.37. The maximum atomic E-state index is 12.6. The molecule has 1 aromatic heterocycles. The molecule has 0 unspecified atom stereocenters. The Labute approximate surface area is 164 Å². The van der Waals surface area contributed by atoms with E-state index in [-0.39, 0.29) is 23.9 Å². The number of hydrogen-bond acceptors (Lipinski definition) is 3. The van der Waals surface area contributed by atoms with Crippen LogP contribution in [0.15, 0.2) is 36.5 Å². The van der Waals surface area contributed by atoms with Crippen LogP contribution in [0.3, 0.4) is 0 Å². The SMILES string of the molecule is [C-]#[N+]c1ccc2c(c1)[C@H](Nc1ncccc1[N+]#[C-])[C@@H](C)[C@H](C1CC1)N2C(C)=O. The zero-order valence-electron chi connectivity index (χ0n) is 15.9. The first-order valence-corrected chi connectivity index (χ1v) is 9.45. The molecule has 6 heteroatoms. The van der Waals surface area contributed by atoms with Gasteiger partial charge in [-0.2, -0.15) is 0 Å². The lowest BCUT2D eigenvalue weighted by atomic mass is 9.79. The standard InChI is InChI=1S/C22H21N5O/c1-13-20(26-22-18(24-4)6-5-11-25-22)17-12-16(23-3)9-10-19(17)27(14(2)28)21(13)15-7-8-15/h5-6,9-13,15,20-21H,7-8H2,1-2H3,(H,25,26)/t13-,20-,21-/m1/s1. The number of benzene rings is 1. The van der Waals surface area contributed by atoms with Gasteiger partial charge in [0, 0.05) is 30.8 Å². The van der Waals surface area contributed by atoms with Gasteiger partial charge in [0.15, 0.2) is 5.69 Å². The highest BCUT2D eigenvalue weighted by molar-refractivity contribution is 5.94. The van der Waals surface area contributed by atoms with Gasteiger partial charge in [-0.3, -0.25) is 9.78 Å². The monoisotopic (exact) mass is 371 g/mol. The van der Waals surface area contributed by atoms with E-state index in [1.807, 2.05) is 17.0 Å². The van der Waals surface area contributed by atoms with Crippen LogP contribution in [-0.4, -0.2) is 16.9 Å². The van der Waals surface area contributed by atoms with Crippen molar-refractivity contribution >= 4 is 28.8 Å². The fourth-order valence-electron chi connectivity index (χ4n) is 4.37. The van der Waals surface area contributed by atoms with Gasteiger partial charge in [-0.15, -0.1) is 0 Å². The number of carbonyl (C=O) groups is 1. The third kappa shape index (κ3) is 2.97. The van der Waals surface area contributed by atoms with Crippen molar-refractivity contribution in [3.8, 4) is 0 Å². The lowest BCUT2D eigenvalue weighted by Gasteiger charge is -2.46. The molecule has 28 heavy (non-hydrogen) atoms. The Morgan fingerprint density at radius 1 is 1.25 bits per heavy atom. The zero-order chi connectivity index (χ0) is 19.8. The maximum absolute atomic E-state index is 12.6. The Bertz CT molecular complexity index is 1010. The molecule has 1 fully saturated rings. The van der Waals surface area contributed by atoms with Crippen molar-refractivity contribution in [2.24, 2.45) is 11.8 Å². The summed E-state index contributed by atoms with van der Waals surface area (Å²) in [7, 11) is 0. The molecule has 0 spiro atoms. The van der Waals surface area contributed by atoms with Crippen LogP contribution in [0.2, 0.25) is 0 Å². The highest BCUT2D eigenvalue weighted by Gasteiger charge is 2.47. The number of nitrogens with one attached hydrogen (secondary N) is 1. The van der Waals surface area contributed by atoms with Crippen molar-refractivity contribution in [2.75, 3.05) is 10.2 Å². The molecular formula is C22H21N5O. The van der Waals surface area contributed by atoms with Crippen LogP contribution in [0.25, 0.3) is 9.69 Å². The van der Waals surface area contributed by atoms with Gasteiger partial charge < -0.3 is 10.2 Å². The molecule has 2 aromatic rings. The number of fused-ring (bicyclic) bond motifs is 1. The van der Waals surface area contributed by atoms with Gasteiger partial charge in [0.25, 0.3) is 0 Å². The zero-order valence-corrected chi connectivity index (χ0v) is 15.9. The second-order valence-electron chi connectivity index (χ2n) is 7.54. The molecule has 2 heterocycles. The average Bonchev–Trinajstić information content (AvgIpc) is 3.54. The van der Waals surface area contributed by atoms with Crippen molar-refractivity contribution in [1.29, 1.82) is 0 Å². The van der Waals surface area contributed by atoms with Gasteiger partial charge >= 0.3 is 0 Å². The summed E-state index contributed by atoms with van der Waals surface area (Å²) in [4.78, 5) is 26.0. The van der Waals surface area contributed by atoms with E-state index in [4.69, 9.17) is 13.1 Å². The smallest absolute Gasteiger partial charge is 0.228 e. The first-order valence-electron chi connectivity index (χ1n) is 9.45. The summed E-state index contributed by atoms with van der Waals surface area (Å²) in [6.45, 7) is 18.6. The normalized spacial score (nSPS) is 23.3. The largest absolute Gasteiger partial charge is 0.372 e. The number of nitrogens with zero attached hydrogens (tertiary/aromatic N) is 4.